The second-order valence-corrected chi connectivity index (χ2v) is 15.2. The number of thiophene rings is 1. The van der Waals surface area contributed by atoms with Crippen LogP contribution in [0.1, 0.15) is 0 Å². The minimum atomic E-state index is 1.11. The third-order valence-corrected chi connectivity index (χ3v) is 12.1. The van der Waals surface area contributed by atoms with Gasteiger partial charge in [-0.25, -0.2) is 0 Å². The van der Waals surface area contributed by atoms with Crippen LogP contribution in [0.25, 0.3) is 80.7 Å². The van der Waals surface area contributed by atoms with Crippen molar-refractivity contribution in [1.29, 1.82) is 0 Å². The highest BCUT2D eigenvalue weighted by molar-refractivity contribution is 7.25. The topological polar surface area (TPSA) is 8.17 Å². The smallest absolute Gasteiger partial charge is 0.0541 e. The van der Waals surface area contributed by atoms with Gasteiger partial charge in [0, 0.05) is 53.6 Å². The van der Waals surface area contributed by atoms with Gasteiger partial charge in [-0.15, -0.1) is 11.3 Å². The minimum absolute atomic E-state index is 1.11. The third kappa shape index (κ3) is 5.32. The molecule has 0 saturated heterocycles. The molecule has 0 unspecified atom stereocenters. The van der Waals surface area contributed by atoms with Crippen molar-refractivity contribution in [3.63, 3.8) is 0 Å². The van der Waals surface area contributed by atoms with Crippen LogP contribution in [0, 0.1) is 0 Å². The molecule has 258 valence electrons. The molecule has 55 heavy (non-hydrogen) atoms. The van der Waals surface area contributed by atoms with Gasteiger partial charge in [-0.1, -0.05) is 127 Å². The maximum Gasteiger partial charge on any atom is 0.0541 e. The molecular weight excluding hydrogens is 685 g/mol. The molecular formula is C52H34N2S. The van der Waals surface area contributed by atoms with E-state index in [4.69, 9.17) is 0 Å². The van der Waals surface area contributed by atoms with Gasteiger partial charge in [-0.3, -0.25) is 0 Å². The van der Waals surface area contributed by atoms with Crippen molar-refractivity contribution in [3.8, 4) is 27.9 Å². The zero-order valence-electron chi connectivity index (χ0n) is 29.9. The third-order valence-electron chi connectivity index (χ3n) is 11.0. The Morgan fingerprint density at radius 2 is 1.02 bits per heavy atom. The van der Waals surface area contributed by atoms with Gasteiger partial charge in [-0.2, -0.15) is 0 Å². The molecule has 0 N–H and O–H groups in total. The lowest BCUT2D eigenvalue weighted by Gasteiger charge is -2.28. The molecule has 0 aliphatic heterocycles. The molecule has 0 amide bonds. The maximum atomic E-state index is 2.43. The van der Waals surface area contributed by atoms with Crippen molar-refractivity contribution in [1.82, 2.24) is 4.57 Å². The molecule has 0 radical (unpaired) electrons. The zero-order chi connectivity index (χ0) is 36.3. The van der Waals surface area contributed by atoms with Crippen LogP contribution < -0.4 is 4.90 Å². The Bertz CT molecular complexity index is 3210. The van der Waals surface area contributed by atoms with Crippen molar-refractivity contribution in [2.24, 2.45) is 0 Å². The summed E-state index contributed by atoms with van der Waals surface area (Å²) in [5, 5.41) is 7.57. The molecule has 11 aromatic rings. The Labute approximate surface area is 323 Å². The lowest BCUT2D eigenvalue weighted by atomic mass is 9.98. The summed E-state index contributed by atoms with van der Waals surface area (Å²) in [6, 6.07) is 75.3. The predicted octanol–water partition coefficient (Wildman–Crippen LogP) is 15.1. The summed E-state index contributed by atoms with van der Waals surface area (Å²) in [6.07, 6.45) is 0. The van der Waals surface area contributed by atoms with E-state index in [1.807, 2.05) is 11.3 Å². The summed E-state index contributed by atoms with van der Waals surface area (Å²) in [7, 11) is 0. The first kappa shape index (κ1) is 31.6. The van der Waals surface area contributed by atoms with Crippen LogP contribution in [0.5, 0.6) is 0 Å². The maximum absolute atomic E-state index is 2.43. The fourth-order valence-corrected chi connectivity index (χ4v) is 9.45. The summed E-state index contributed by atoms with van der Waals surface area (Å²) in [4.78, 5) is 2.43. The van der Waals surface area contributed by atoms with Gasteiger partial charge in [0.05, 0.1) is 16.7 Å². The summed E-state index contributed by atoms with van der Waals surface area (Å²) in [5.74, 6) is 0. The molecule has 3 heteroatoms. The summed E-state index contributed by atoms with van der Waals surface area (Å²) in [6.45, 7) is 0. The van der Waals surface area contributed by atoms with Crippen LogP contribution in [-0.4, -0.2) is 4.57 Å². The van der Waals surface area contributed by atoms with Gasteiger partial charge >= 0.3 is 0 Å². The number of para-hydroxylation sites is 3. The number of anilines is 3. The van der Waals surface area contributed by atoms with E-state index in [9.17, 15) is 0 Å². The molecule has 0 bridgehead atoms. The van der Waals surface area contributed by atoms with E-state index in [0.717, 1.165) is 17.1 Å². The molecule has 0 fully saturated rings. The van der Waals surface area contributed by atoms with Crippen LogP contribution in [0.3, 0.4) is 0 Å². The average Bonchev–Trinajstić information content (AvgIpc) is 3.79. The summed E-state index contributed by atoms with van der Waals surface area (Å²) < 4.78 is 4.98. The summed E-state index contributed by atoms with van der Waals surface area (Å²) >= 11 is 1.86. The SMILES string of the molecule is c1ccc(-n2c3ccccc3c3cc(-c4ccc(N(c5ccc6sc7ccccc7c6c5)c5ccccc5-c5ccc6ccccc6c5)cc4)ccc32)cc1. The average molecular weight is 719 g/mol. The van der Waals surface area contributed by atoms with E-state index in [1.54, 1.807) is 0 Å². The van der Waals surface area contributed by atoms with Gasteiger partial charge in [0.25, 0.3) is 0 Å². The van der Waals surface area contributed by atoms with E-state index in [2.05, 4.69) is 216 Å². The number of nitrogens with zero attached hydrogens (tertiary/aromatic N) is 2. The Kier molecular flexibility index (Phi) is 7.39. The largest absolute Gasteiger partial charge is 0.310 e. The molecule has 11 rings (SSSR count). The van der Waals surface area contributed by atoms with E-state index >= 15 is 0 Å². The lowest BCUT2D eigenvalue weighted by Crippen LogP contribution is -2.11. The van der Waals surface area contributed by atoms with Crippen molar-refractivity contribution in [2.75, 3.05) is 4.90 Å². The van der Waals surface area contributed by atoms with Gasteiger partial charge < -0.3 is 9.47 Å². The molecule has 2 aromatic heterocycles. The minimum Gasteiger partial charge on any atom is -0.310 e. The number of benzene rings is 9. The Hall–Kier alpha value is -6.94. The van der Waals surface area contributed by atoms with Crippen LogP contribution >= 0.6 is 11.3 Å². The monoisotopic (exact) mass is 718 g/mol. The molecule has 2 nitrogen and oxygen atoms in total. The summed E-state index contributed by atoms with van der Waals surface area (Å²) in [5.41, 5.74) is 11.7. The highest BCUT2D eigenvalue weighted by Gasteiger charge is 2.19. The van der Waals surface area contributed by atoms with Crippen molar-refractivity contribution in [2.45, 2.75) is 0 Å². The molecule has 9 aromatic carbocycles. The van der Waals surface area contributed by atoms with Crippen LogP contribution in [0.4, 0.5) is 17.1 Å². The Morgan fingerprint density at radius 1 is 0.364 bits per heavy atom. The van der Waals surface area contributed by atoms with Crippen molar-refractivity contribution in [3.05, 3.63) is 206 Å². The number of hydrogen-bond donors (Lipinski definition) is 0. The number of aromatic nitrogens is 1. The van der Waals surface area contributed by atoms with Crippen LogP contribution in [-0.2, 0) is 0 Å². The van der Waals surface area contributed by atoms with E-state index in [1.165, 1.54) is 80.7 Å². The number of rotatable bonds is 6. The normalized spacial score (nSPS) is 11.6. The van der Waals surface area contributed by atoms with Crippen LogP contribution in [0.15, 0.2) is 206 Å². The first-order chi connectivity index (χ1) is 27.3. The van der Waals surface area contributed by atoms with Gasteiger partial charge in [0.15, 0.2) is 0 Å². The quantitative estimate of drug-likeness (QED) is 0.166. The lowest BCUT2D eigenvalue weighted by molar-refractivity contribution is 1.18. The highest BCUT2D eigenvalue weighted by Crippen LogP contribution is 2.45. The molecule has 0 atom stereocenters. The first-order valence-electron chi connectivity index (χ1n) is 18.8. The van der Waals surface area contributed by atoms with E-state index in [-0.39, 0.29) is 0 Å². The second-order valence-electron chi connectivity index (χ2n) is 14.2. The standard InChI is InChI=1S/C52H34N2S/c1-2-14-40(15-3-1)54-49-20-10-7-17-44(49)46-33-38(26-30-50(46)54)36-24-27-41(28-25-36)53(42-29-31-52-47(34-42)45-18-8-11-21-51(45)55-52)48-19-9-6-16-43(48)39-23-22-35-12-4-5-13-37(35)32-39/h1-34H. The number of fused-ring (bicyclic) bond motifs is 7. The van der Waals surface area contributed by atoms with Gasteiger partial charge in [-0.05, 0) is 106 Å². The molecule has 0 aliphatic carbocycles. The fraction of sp³-hybridized carbons (Fsp3) is 0. The van der Waals surface area contributed by atoms with E-state index in [0.29, 0.717) is 0 Å². The van der Waals surface area contributed by atoms with Gasteiger partial charge in [0.1, 0.15) is 0 Å². The Morgan fingerprint density at radius 3 is 1.91 bits per heavy atom. The molecule has 2 heterocycles. The first-order valence-corrected chi connectivity index (χ1v) is 19.6. The predicted molar refractivity (Wildman–Crippen MR) is 237 cm³/mol. The second kappa shape index (κ2) is 12.9. The fourth-order valence-electron chi connectivity index (χ4n) is 8.36. The van der Waals surface area contributed by atoms with E-state index < -0.39 is 0 Å². The molecule has 0 spiro atoms. The zero-order valence-corrected chi connectivity index (χ0v) is 30.7. The Balaban J connectivity index is 1.06. The molecule has 0 saturated carbocycles. The number of hydrogen-bond acceptors (Lipinski definition) is 2. The van der Waals surface area contributed by atoms with Crippen molar-refractivity contribution >= 4 is 81.1 Å². The molecule has 0 aliphatic rings. The highest BCUT2D eigenvalue weighted by atomic mass is 32.1. The van der Waals surface area contributed by atoms with Gasteiger partial charge in [0.2, 0.25) is 0 Å². The van der Waals surface area contributed by atoms with Crippen molar-refractivity contribution < 1.29 is 0 Å². The van der Waals surface area contributed by atoms with Crippen LogP contribution in [0.2, 0.25) is 0 Å².